The molecule has 0 radical (unpaired) electrons. The van der Waals surface area contributed by atoms with Gasteiger partial charge in [0, 0.05) is 0 Å². The molecule has 8 atom stereocenters. The van der Waals surface area contributed by atoms with E-state index in [0.29, 0.717) is 0 Å². The van der Waals surface area contributed by atoms with Crippen LogP contribution >= 0.6 is 24.8 Å². The van der Waals surface area contributed by atoms with Crippen LogP contribution in [0.25, 0.3) is 0 Å². The number of fused-ring (bicyclic) bond motifs is 10. The summed E-state index contributed by atoms with van der Waals surface area (Å²) in [5, 5.41) is 0. The largest absolute Gasteiger partial charge is 0.147 e. The molecule has 0 aromatic rings. The molecule has 10 fully saturated rings. The third-order valence-corrected chi connectivity index (χ3v) is 121. The van der Waals surface area contributed by atoms with Crippen LogP contribution in [0.1, 0.15) is 52.4 Å². The first-order valence-electron chi connectivity index (χ1n) is 10.1. The van der Waals surface area contributed by atoms with Crippen LogP contribution in [0.15, 0.2) is 0 Å². The van der Waals surface area contributed by atoms with Gasteiger partial charge in [0.25, 0.3) is 0 Å². The first-order valence-corrected chi connectivity index (χ1v) is 23.9. The molecule has 1 spiro atoms. The van der Waals surface area contributed by atoms with Crippen molar-refractivity contribution in [3.63, 3.8) is 0 Å². The third kappa shape index (κ3) is 0.144. The summed E-state index contributed by atoms with van der Waals surface area (Å²) in [6, 6.07) is 0. The zero-order valence-electron chi connectivity index (χ0n) is 13.2. The van der Waals surface area contributed by atoms with Crippen LogP contribution in [0.4, 0.5) is 0 Å². The van der Waals surface area contributed by atoms with Crippen LogP contribution in [0, 0.1) is 0 Å². The molecule has 10 saturated heterocycles. The van der Waals surface area contributed by atoms with Gasteiger partial charge >= 0.3 is 99.0 Å². The van der Waals surface area contributed by atoms with Crippen molar-refractivity contribution in [3.05, 3.63) is 0 Å². The summed E-state index contributed by atoms with van der Waals surface area (Å²) in [5.41, 5.74) is 0. The van der Waals surface area contributed by atoms with Gasteiger partial charge in [0.05, 0.1) is 0 Å². The number of unbranched alkanes of at least 4 members (excludes halogenated alkanes) is 2. The minimum atomic E-state index is -3.39. The monoisotopic (exact) mass is 404 g/mol. The van der Waals surface area contributed by atoms with E-state index in [1.165, 1.54) is 19.1 Å². The molecule has 118 valence electrons. The fraction of sp³-hybridized carbons (Fsp3) is 1.00. The maximum absolute atomic E-state index is 3.39. The van der Waals surface area contributed by atoms with Gasteiger partial charge in [0.15, 0.2) is 0 Å². The van der Waals surface area contributed by atoms with Crippen LogP contribution in [0.2, 0.25) is 35.3 Å². The molecular weight excluding hydrogens is 378 g/mol. The van der Waals surface area contributed by atoms with Crippen molar-refractivity contribution < 1.29 is 11.4 Å². The van der Waals surface area contributed by atoms with Crippen molar-refractivity contribution in [2.75, 3.05) is 0 Å². The van der Waals surface area contributed by atoms with Crippen LogP contribution in [0.5, 0.6) is 0 Å². The van der Waals surface area contributed by atoms with Crippen LogP contribution in [-0.2, 0) is 11.4 Å². The third-order valence-electron chi connectivity index (χ3n) is 23.1. The fourth-order valence-corrected chi connectivity index (χ4v) is 260. The Morgan fingerprint density at radius 1 is 0.667 bits per heavy atom. The van der Waals surface area contributed by atoms with Gasteiger partial charge < -0.3 is 0 Å². The molecule has 8 unspecified atom stereocenters. The molecule has 10 heterocycles. The average Bonchev–Trinajstić information content (AvgIpc) is 3.36. The second-order valence-corrected chi connectivity index (χ2v) is 67.6. The van der Waals surface area contributed by atoms with Crippen LogP contribution in [-0.4, -0.2) is 0 Å². The van der Waals surface area contributed by atoms with Gasteiger partial charge in [-0.3, -0.25) is 0 Å². The van der Waals surface area contributed by atoms with E-state index in [1.54, 1.807) is 54.7 Å². The van der Waals surface area contributed by atoms with Crippen LogP contribution < -0.4 is 0 Å². The van der Waals surface area contributed by atoms with E-state index in [9.17, 15) is 0 Å². The summed E-state index contributed by atoms with van der Waals surface area (Å²) < 4.78 is 15.0. The first kappa shape index (κ1) is 11.9. The van der Waals surface area contributed by atoms with Gasteiger partial charge in [0.2, 0.25) is 0 Å². The van der Waals surface area contributed by atoms with Gasteiger partial charge in [-0.05, 0) is 0 Å². The first-order chi connectivity index (χ1) is 9.05. The summed E-state index contributed by atoms with van der Waals surface area (Å²) in [6.45, 7) is 4.89. The molecule has 0 N–H and O–H groups in total. The van der Waals surface area contributed by atoms with E-state index in [1.807, 2.05) is 0 Å². The normalized spacial score (nSPS) is 101. The second-order valence-electron chi connectivity index (χ2n) is 15.4. The maximum Gasteiger partial charge on any atom is -0.147 e. The molecule has 0 aromatic heterocycles. The molecule has 10 aliphatic heterocycles. The van der Waals surface area contributed by atoms with E-state index in [-0.39, 0.29) is 24.8 Å². The molecule has 0 bridgehead atoms. The number of hydrogen-bond donors (Lipinski definition) is 0. The summed E-state index contributed by atoms with van der Waals surface area (Å²) in [5.74, 6) is 0. The van der Waals surface area contributed by atoms with E-state index in [4.69, 9.17) is 0 Å². The number of halogens is 2. The van der Waals surface area contributed by atoms with E-state index in [2.05, 4.69) is 13.8 Å². The minimum absolute atomic E-state index is 0. The molecule has 0 aliphatic carbocycles. The minimum Gasteiger partial charge on any atom is -0.147 e. The van der Waals surface area contributed by atoms with Crippen molar-refractivity contribution in [1.29, 1.82) is 0 Å². The Hall–Kier alpha value is 1.46. The second kappa shape index (κ2) is 1.15. The van der Waals surface area contributed by atoms with Crippen molar-refractivity contribution >= 4 is 24.8 Å². The zero-order chi connectivity index (χ0) is 12.2. The van der Waals surface area contributed by atoms with Crippen molar-refractivity contribution in [1.82, 2.24) is 0 Å². The Bertz CT molecular complexity index is 919. The van der Waals surface area contributed by atoms with Crippen molar-refractivity contribution in [2.24, 2.45) is 0 Å². The fourth-order valence-electron chi connectivity index (χ4n) is 28.2. The standard InChI is InChI=1S/2C9H13.2ClH.Zr/c2*1-2-3-6-9-7-4-5-8-9;;;/h2*4-5,7-8H,2-3,6H2,1H3;2*1H;. The number of hydrogen-bond acceptors (Lipinski definition) is 0. The Morgan fingerprint density at radius 3 is 1.24 bits per heavy atom. The predicted octanol–water partition coefficient (Wildman–Crippen LogP) is 7.34. The van der Waals surface area contributed by atoms with Gasteiger partial charge in [-0.2, -0.15) is 0 Å². The van der Waals surface area contributed by atoms with Crippen LogP contribution in [0.3, 0.4) is 0 Å². The van der Waals surface area contributed by atoms with Gasteiger partial charge in [-0.25, -0.2) is 0 Å². The van der Waals surface area contributed by atoms with Gasteiger partial charge in [-0.15, -0.1) is 24.8 Å². The molecule has 3 heteroatoms. The molecular formula is C18H28Cl2Zr. The number of rotatable bonds is 6. The average molecular weight is 407 g/mol. The molecule has 10 aliphatic rings. The summed E-state index contributed by atoms with van der Waals surface area (Å²) >= 11 is -3.39. The quantitative estimate of drug-likeness (QED) is 0.433. The summed E-state index contributed by atoms with van der Waals surface area (Å²) in [4.78, 5) is 0. The SMILES string of the molecule is CCCC[C]12[CH]3[CH]4[CH]5[CH]1[Zr]45321678[CH]2[CH]1[CH]6[C]7(CCCC)[CH]28.Cl.Cl. The molecule has 21 heavy (non-hydrogen) atoms. The van der Waals surface area contributed by atoms with Gasteiger partial charge in [-0.1, -0.05) is 0 Å². The smallest absolute Gasteiger partial charge is 0.147 e. The molecule has 0 saturated carbocycles. The topological polar surface area (TPSA) is 0 Å². The van der Waals surface area contributed by atoms with E-state index < -0.39 is 11.4 Å². The molecule has 0 nitrogen and oxygen atoms in total. The van der Waals surface area contributed by atoms with E-state index >= 15 is 0 Å². The molecule has 0 aromatic carbocycles. The van der Waals surface area contributed by atoms with Gasteiger partial charge in [0.1, 0.15) is 0 Å². The Balaban J connectivity index is 0.000000436. The Kier molecular flexibility index (Phi) is 0.652. The summed E-state index contributed by atoms with van der Waals surface area (Å²) in [6.07, 6.45) is 9.79. The summed E-state index contributed by atoms with van der Waals surface area (Å²) in [7, 11) is 0. The zero-order valence-corrected chi connectivity index (χ0v) is 17.3. The Morgan fingerprint density at radius 2 is 1.00 bits per heavy atom. The van der Waals surface area contributed by atoms with E-state index in [0.717, 1.165) is 0 Å². The van der Waals surface area contributed by atoms with Crippen molar-refractivity contribution in [3.8, 4) is 0 Å². The molecule has 0 amide bonds. The molecule has 10 rings (SSSR count). The van der Waals surface area contributed by atoms with Crippen molar-refractivity contribution in [2.45, 2.75) is 87.6 Å². The maximum atomic E-state index is 2.45. The predicted molar refractivity (Wildman–Crippen MR) is 88.9 cm³/mol. The Labute approximate surface area is 123 Å².